The van der Waals surface area contributed by atoms with Crippen LogP contribution in [0.2, 0.25) is 0 Å². The molecule has 92 valence electrons. The molecule has 4 N–H and O–H groups in total. The zero-order chi connectivity index (χ0) is 12.6. The van der Waals surface area contributed by atoms with Gasteiger partial charge in [0, 0.05) is 0 Å². The number of amides is 2. The van der Waals surface area contributed by atoms with Crippen molar-refractivity contribution >= 4 is 18.0 Å². The number of nitrogens with one attached hydrogen (secondary N) is 1. The number of primary amides is 1. The number of unbranched alkanes of at least 4 members (excludes halogenated alkanes) is 1. The molecule has 0 aromatic heterocycles. The number of alkyl carbamates (subject to hydrolysis) is 1. The monoisotopic (exact) mass is 232 g/mol. The lowest BCUT2D eigenvalue weighted by Crippen LogP contribution is -2.43. The number of carbonyl (C=O) groups excluding carboxylic acids is 2. The van der Waals surface area contributed by atoms with Gasteiger partial charge in [0.05, 0.1) is 13.0 Å². The molecule has 0 aliphatic carbocycles. The third-order valence-electron chi connectivity index (χ3n) is 1.73. The standard InChI is InChI=1S/C9H16N2O5/c1-2-3-4-16-9(15)11-6(8(13)14)5-7(10)12/h6H,2-5H2,1H3,(H2,10,12)(H,11,15)(H,13,14). The Morgan fingerprint density at radius 3 is 2.50 bits per heavy atom. The quantitative estimate of drug-likeness (QED) is 0.527. The van der Waals surface area contributed by atoms with Crippen molar-refractivity contribution in [2.75, 3.05) is 6.61 Å². The van der Waals surface area contributed by atoms with Gasteiger partial charge in [-0.25, -0.2) is 9.59 Å². The summed E-state index contributed by atoms with van der Waals surface area (Å²) in [6, 6.07) is -1.34. The van der Waals surface area contributed by atoms with Crippen LogP contribution in [-0.4, -0.2) is 35.7 Å². The van der Waals surface area contributed by atoms with Gasteiger partial charge in [-0.05, 0) is 6.42 Å². The van der Waals surface area contributed by atoms with E-state index in [-0.39, 0.29) is 6.61 Å². The number of carbonyl (C=O) groups is 3. The molecule has 0 radical (unpaired) electrons. The van der Waals surface area contributed by atoms with Gasteiger partial charge < -0.3 is 20.9 Å². The normalized spacial score (nSPS) is 11.6. The summed E-state index contributed by atoms with van der Waals surface area (Å²) in [5.41, 5.74) is 4.83. The predicted octanol–water partition coefficient (Wildman–Crippen LogP) is -0.159. The highest BCUT2D eigenvalue weighted by Crippen LogP contribution is 1.94. The maximum Gasteiger partial charge on any atom is 0.407 e. The Morgan fingerprint density at radius 1 is 1.44 bits per heavy atom. The summed E-state index contributed by atoms with van der Waals surface area (Å²) < 4.78 is 4.68. The molecule has 16 heavy (non-hydrogen) atoms. The molecular formula is C9H16N2O5. The van der Waals surface area contributed by atoms with Crippen molar-refractivity contribution in [1.29, 1.82) is 0 Å². The molecule has 0 saturated heterocycles. The average Bonchev–Trinajstić information content (AvgIpc) is 2.16. The van der Waals surface area contributed by atoms with E-state index in [1.54, 1.807) is 0 Å². The Kier molecular flexibility index (Phi) is 6.66. The molecule has 7 heteroatoms. The van der Waals surface area contributed by atoms with Crippen molar-refractivity contribution in [1.82, 2.24) is 5.32 Å². The van der Waals surface area contributed by atoms with E-state index in [0.29, 0.717) is 6.42 Å². The summed E-state index contributed by atoms with van der Waals surface area (Å²) >= 11 is 0. The molecule has 0 spiro atoms. The van der Waals surface area contributed by atoms with Crippen LogP contribution < -0.4 is 11.1 Å². The second-order valence-electron chi connectivity index (χ2n) is 3.20. The number of hydrogen-bond acceptors (Lipinski definition) is 4. The predicted molar refractivity (Wildman–Crippen MR) is 54.6 cm³/mol. The summed E-state index contributed by atoms with van der Waals surface area (Å²) in [5, 5.41) is 10.7. The summed E-state index contributed by atoms with van der Waals surface area (Å²) in [5.74, 6) is -2.13. The fraction of sp³-hybridized carbons (Fsp3) is 0.667. The van der Waals surface area contributed by atoms with E-state index in [1.165, 1.54) is 0 Å². The van der Waals surface area contributed by atoms with Gasteiger partial charge in [-0.3, -0.25) is 4.79 Å². The fourth-order valence-electron chi connectivity index (χ4n) is 0.894. The third-order valence-corrected chi connectivity index (χ3v) is 1.73. The lowest BCUT2D eigenvalue weighted by molar-refractivity contribution is -0.141. The van der Waals surface area contributed by atoms with E-state index in [4.69, 9.17) is 10.8 Å². The molecule has 2 amide bonds. The SMILES string of the molecule is CCCCOC(=O)NC(CC(N)=O)C(=O)O. The first-order valence-corrected chi connectivity index (χ1v) is 4.91. The average molecular weight is 232 g/mol. The van der Waals surface area contributed by atoms with Crippen LogP contribution in [0.15, 0.2) is 0 Å². The van der Waals surface area contributed by atoms with Crippen LogP contribution in [0.5, 0.6) is 0 Å². The second-order valence-corrected chi connectivity index (χ2v) is 3.20. The lowest BCUT2D eigenvalue weighted by atomic mass is 10.2. The molecule has 0 aromatic rings. The Bertz CT molecular complexity index is 267. The summed E-state index contributed by atoms with van der Waals surface area (Å²) in [7, 11) is 0. The molecule has 0 bridgehead atoms. The highest BCUT2D eigenvalue weighted by molar-refractivity contribution is 5.86. The molecular weight excluding hydrogens is 216 g/mol. The minimum atomic E-state index is -1.34. The number of nitrogens with two attached hydrogens (primary N) is 1. The molecule has 0 aliphatic heterocycles. The van der Waals surface area contributed by atoms with Gasteiger partial charge in [-0.1, -0.05) is 13.3 Å². The van der Waals surface area contributed by atoms with Crippen LogP contribution in [0, 0.1) is 0 Å². The first-order valence-electron chi connectivity index (χ1n) is 4.91. The zero-order valence-electron chi connectivity index (χ0n) is 9.06. The molecule has 0 saturated carbocycles. The lowest BCUT2D eigenvalue weighted by Gasteiger charge is -2.12. The van der Waals surface area contributed by atoms with E-state index in [2.05, 4.69) is 4.74 Å². The van der Waals surface area contributed by atoms with Crippen molar-refractivity contribution in [3.63, 3.8) is 0 Å². The van der Waals surface area contributed by atoms with Crippen molar-refractivity contribution in [3.05, 3.63) is 0 Å². The second kappa shape index (κ2) is 7.49. The Balaban J connectivity index is 4.03. The zero-order valence-corrected chi connectivity index (χ0v) is 9.06. The van der Waals surface area contributed by atoms with Gasteiger partial charge in [-0.2, -0.15) is 0 Å². The number of hydrogen-bond donors (Lipinski definition) is 3. The van der Waals surface area contributed by atoms with Gasteiger partial charge in [0.25, 0.3) is 0 Å². The van der Waals surface area contributed by atoms with Crippen LogP contribution in [0.25, 0.3) is 0 Å². The largest absolute Gasteiger partial charge is 0.480 e. The molecule has 0 rings (SSSR count). The van der Waals surface area contributed by atoms with E-state index in [9.17, 15) is 14.4 Å². The van der Waals surface area contributed by atoms with E-state index in [1.807, 2.05) is 12.2 Å². The summed E-state index contributed by atoms with van der Waals surface area (Å²) in [4.78, 5) is 32.2. The number of rotatable bonds is 7. The van der Waals surface area contributed by atoms with Gasteiger partial charge >= 0.3 is 12.1 Å². The van der Waals surface area contributed by atoms with Crippen molar-refractivity contribution < 1.29 is 24.2 Å². The van der Waals surface area contributed by atoms with Crippen molar-refractivity contribution in [2.45, 2.75) is 32.2 Å². The maximum atomic E-state index is 11.1. The van der Waals surface area contributed by atoms with Crippen molar-refractivity contribution in [3.8, 4) is 0 Å². The van der Waals surface area contributed by atoms with Crippen LogP contribution in [0.3, 0.4) is 0 Å². The molecule has 0 aromatic carbocycles. The molecule has 1 atom stereocenters. The highest BCUT2D eigenvalue weighted by Gasteiger charge is 2.22. The Hall–Kier alpha value is -1.79. The Labute approximate surface area is 92.9 Å². The van der Waals surface area contributed by atoms with Gasteiger partial charge in [0.2, 0.25) is 5.91 Å². The minimum absolute atomic E-state index is 0.214. The van der Waals surface area contributed by atoms with E-state index >= 15 is 0 Å². The first kappa shape index (κ1) is 14.2. The van der Waals surface area contributed by atoms with Crippen LogP contribution in [0.4, 0.5) is 4.79 Å². The summed E-state index contributed by atoms with van der Waals surface area (Å²) in [6.07, 6.45) is 0.234. The molecule has 0 fully saturated rings. The van der Waals surface area contributed by atoms with E-state index in [0.717, 1.165) is 6.42 Å². The molecule has 0 heterocycles. The molecule has 0 aliphatic rings. The maximum absolute atomic E-state index is 11.1. The minimum Gasteiger partial charge on any atom is -0.480 e. The van der Waals surface area contributed by atoms with Crippen LogP contribution >= 0.6 is 0 Å². The number of carboxylic acid groups (broad SMARTS) is 1. The summed E-state index contributed by atoms with van der Waals surface area (Å²) in [6.45, 7) is 2.14. The van der Waals surface area contributed by atoms with Crippen LogP contribution in [-0.2, 0) is 14.3 Å². The van der Waals surface area contributed by atoms with Crippen molar-refractivity contribution in [2.24, 2.45) is 5.73 Å². The van der Waals surface area contributed by atoms with Gasteiger partial charge in [0.15, 0.2) is 0 Å². The smallest absolute Gasteiger partial charge is 0.407 e. The molecule has 7 nitrogen and oxygen atoms in total. The number of aliphatic carboxylic acids is 1. The van der Waals surface area contributed by atoms with Gasteiger partial charge in [-0.15, -0.1) is 0 Å². The number of carboxylic acids is 1. The topological polar surface area (TPSA) is 119 Å². The highest BCUT2D eigenvalue weighted by atomic mass is 16.5. The number of ether oxygens (including phenoxy) is 1. The molecule has 1 unspecified atom stereocenters. The first-order chi connectivity index (χ1) is 7.47. The van der Waals surface area contributed by atoms with Gasteiger partial charge in [0.1, 0.15) is 6.04 Å². The Morgan fingerprint density at radius 2 is 2.06 bits per heavy atom. The third kappa shape index (κ3) is 6.63. The van der Waals surface area contributed by atoms with Crippen LogP contribution in [0.1, 0.15) is 26.2 Å². The van der Waals surface area contributed by atoms with E-state index < -0.39 is 30.4 Å². The fourth-order valence-corrected chi connectivity index (χ4v) is 0.894.